The number of unbranched alkanes of at least 4 members (excludes halogenated alkanes) is 1. The maximum Gasteiger partial charge on any atom is 0.306 e. The topological polar surface area (TPSA) is 105 Å². The highest BCUT2D eigenvalue weighted by molar-refractivity contribution is 5.80. The molecule has 1 unspecified atom stereocenters. The molecule has 0 spiro atoms. The lowest BCUT2D eigenvalue weighted by atomic mass is 9.84. The Bertz CT molecular complexity index is 1460. The van der Waals surface area contributed by atoms with Gasteiger partial charge < -0.3 is 24.1 Å². The molecule has 0 aliphatic carbocycles. The molecule has 4 rings (SSSR count). The average Bonchev–Trinajstić information content (AvgIpc) is 3.42. The Balaban J connectivity index is 1.47. The number of aliphatic hydroxyl groups excluding tert-OH is 1. The zero-order valence-electron chi connectivity index (χ0n) is 25.1. The van der Waals surface area contributed by atoms with E-state index >= 15 is 0 Å². The molecule has 2 atom stereocenters. The number of benzene rings is 3. The van der Waals surface area contributed by atoms with Gasteiger partial charge in [0.05, 0.1) is 45.5 Å². The van der Waals surface area contributed by atoms with Crippen molar-refractivity contribution in [2.24, 2.45) is 0 Å². The second kappa shape index (κ2) is 14.8. The van der Waals surface area contributed by atoms with Crippen LogP contribution in [-0.2, 0) is 27.4 Å². The van der Waals surface area contributed by atoms with E-state index in [0.29, 0.717) is 31.1 Å². The molecule has 0 fully saturated rings. The lowest BCUT2D eigenvalue weighted by Crippen LogP contribution is -2.13. The molecule has 0 bridgehead atoms. The summed E-state index contributed by atoms with van der Waals surface area (Å²) in [5, 5.41) is 19.3. The van der Waals surface area contributed by atoms with Crippen LogP contribution in [0.3, 0.4) is 0 Å². The van der Waals surface area contributed by atoms with Crippen molar-refractivity contribution in [3.63, 3.8) is 0 Å². The number of aliphatic hydroxyl groups is 1. The van der Waals surface area contributed by atoms with Crippen LogP contribution in [0, 0.1) is 6.92 Å². The van der Waals surface area contributed by atoms with Crippen LogP contribution in [0.4, 0.5) is 0 Å². The number of ether oxygens (including phenoxy) is 4. The molecule has 3 aromatic carbocycles. The Morgan fingerprint density at radius 3 is 2.48 bits per heavy atom. The number of rotatable bonds is 15. The number of carbonyl (C=O) groups excluding carboxylic acids is 1. The van der Waals surface area contributed by atoms with Gasteiger partial charge in [0, 0.05) is 24.6 Å². The van der Waals surface area contributed by atoms with Crippen molar-refractivity contribution in [2.45, 2.75) is 65.2 Å². The van der Waals surface area contributed by atoms with E-state index in [-0.39, 0.29) is 18.3 Å². The van der Waals surface area contributed by atoms with E-state index in [4.69, 9.17) is 18.9 Å². The predicted octanol–water partition coefficient (Wildman–Crippen LogP) is 5.89. The van der Waals surface area contributed by atoms with Gasteiger partial charge in [0.15, 0.2) is 0 Å². The van der Waals surface area contributed by atoms with Crippen LogP contribution in [0.1, 0.15) is 72.9 Å². The molecule has 1 heterocycles. The highest BCUT2D eigenvalue weighted by atomic mass is 16.5. The lowest BCUT2D eigenvalue weighted by molar-refractivity contribution is -0.143. The number of aryl methyl sites for hydroxylation is 2. The third-order valence-electron chi connectivity index (χ3n) is 7.48. The predicted molar refractivity (Wildman–Crippen MR) is 161 cm³/mol. The molecule has 0 aliphatic heterocycles. The minimum atomic E-state index is -0.723. The first-order valence-electron chi connectivity index (χ1n) is 14.4. The summed E-state index contributed by atoms with van der Waals surface area (Å²) in [6.07, 6.45) is 1.25. The van der Waals surface area contributed by atoms with Crippen molar-refractivity contribution in [1.29, 1.82) is 0 Å². The van der Waals surface area contributed by atoms with E-state index in [9.17, 15) is 9.90 Å². The molecule has 9 nitrogen and oxygen atoms in total. The van der Waals surface area contributed by atoms with Gasteiger partial charge in [0.1, 0.15) is 17.0 Å². The average molecular weight is 576 g/mol. The fourth-order valence-corrected chi connectivity index (χ4v) is 5.19. The van der Waals surface area contributed by atoms with Gasteiger partial charge in [-0.15, -0.1) is 5.10 Å². The molecule has 0 amide bonds. The number of methoxy groups -OCH3 is 2. The summed E-state index contributed by atoms with van der Waals surface area (Å²) in [6.45, 7) is 7.78. The van der Waals surface area contributed by atoms with Gasteiger partial charge in [-0.05, 0) is 86.2 Å². The number of aromatic nitrogens is 3. The molecule has 224 valence electrons. The van der Waals surface area contributed by atoms with Crippen molar-refractivity contribution in [1.82, 2.24) is 15.0 Å². The van der Waals surface area contributed by atoms with Crippen LogP contribution in [0.2, 0.25) is 0 Å². The van der Waals surface area contributed by atoms with Crippen LogP contribution in [-0.4, -0.2) is 53.5 Å². The van der Waals surface area contributed by atoms with Crippen molar-refractivity contribution < 1.29 is 28.8 Å². The van der Waals surface area contributed by atoms with E-state index in [2.05, 4.69) is 10.3 Å². The number of esters is 1. The summed E-state index contributed by atoms with van der Waals surface area (Å²) in [4.78, 5) is 12.7. The molecule has 0 saturated heterocycles. The fourth-order valence-electron chi connectivity index (χ4n) is 5.19. The molecule has 4 aromatic rings. The first kappa shape index (κ1) is 31.0. The van der Waals surface area contributed by atoms with Crippen molar-refractivity contribution >= 4 is 17.0 Å². The van der Waals surface area contributed by atoms with Gasteiger partial charge in [-0.3, -0.25) is 4.79 Å². The quantitative estimate of drug-likeness (QED) is 0.138. The molecule has 9 heteroatoms. The smallest absolute Gasteiger partial charge is 0.306 e. The Labute approximate surface area is 247 Å². The SMILES string of the molecule is CCOC(=O)CC(c1ccc(OC)c([C@@H](C)O)c1)c1ccc2c(nnn2CCCCOCc2ccc(OC)cc2)c1C. The van der Waals surface area contributed by atoms with Crippen molar-refractivity contribution in [3.8, 4) is 11.5 Å². The number of fused-ring (bicyclic) bond motifs is 1. The minimum absolute atomic E-state index is 0.163. The van der Waals surface area contributed by atoms with Gasteiger partial charge in [-0.25, -0.2) is 4.68 Å². The molecule has 0 aliphatic rings. The summed E-state index contributed by atoms with van der Waals surface area (Å²) in [6, 6.07) is 17.6. The summed E-state index contributed by atoms with van der Waals surface area (Å²) in [5.74, 6) is 0.867. The molecule has 1 aromatic heterocycles. The number of hydrogen-bond donors (Lipinski definition) is 1. The Hall–Kier alpha value is -3.95. The monoisotopic (exact) mass is 575 g/mol. The third-order valence-corrected chi connectivity index (χ3v) is 7.48. The molecule has 0 radical (unpaired) electrons. The number of carbonyl (C=O) groups is 1. The number of hydrogen-bond acceptors (Lipinski definition) is 8. The van der Waals surface area contributed by atoms with Gasteiger partial charge in [0.2, 0.25) is 0 Å². The van der Waals surface area contributed by atoms with Crippen LogP contribution in [0.25, 0.3) is 11.0 Å². The maximum atomic E-state index is 12.7. The zero-order valence-corrected chi connectivity index (χ0v) is 25.1. The largest absolute Gasteiger partial charge is 0.497 e. The highest BCUT2D eigenvalue weighted by Gasteiger charge is 2.24. The van der Waals surface area contributed by atoms with Gasteiger partial charge in [0.25, 0.3) is 0 Å². The van der Waals surface area contributed by atoms with E-state index in [1.54, 1.807) is 28.1 Å². The second-order valence-electron chi connectivity index (χ2n) is 10.3. The Morgan fingerprint density at radius 2 is 1.79 bits per heavy atom. The van der Waals surface area contributed by atoms with Crippen molar-refractivity contribution in [3.05, 3.63) is 82.4 Å². The molecular formula is C33H41N3O6. The lowest BCUT2D eigenvalue weighted by Gasteiger charge is -2.22. The van der Waals surface area contributed by atoms with Crippen LogP contribution < -0.4 is 9.47 Å². The van der Waals surface area contributed by atoms with Gasteiger partial charge in [-0.2, -0.15) is 0 Å². The first-order chi connectivity index (χ1) is 20.4. The van der Waals surface area contributed by atoms with E-state index < -0.39 is 6.10 Å². The van der Waals surface area contributed by atoms with E-state index in [1.807, 2.05) is 66.2 Å². The zero-order chi connectivity index (χ0) is 30.1. The molecule has 1 N–H and O–H groups in total. The summed E-state index contributed by atoms with van der Waals surface area (Å²) < 4.78 is 23.7. The minimum Gasteiger partial charge on any atom is -0.497 e. The molecule has 42 heavy (non-hydrogen) atoms. The molecule has 0 saturated carbocycles. The summed E-state index contributed by atoms with van der Waals surface area (Å²) >= 11 is 0. The van der Waals surface area contributed by atoms with Gasteiger partial charge in [-0.1, -0.05) is 29.5 Å². The second-order valence-corrected chi connectivity index (χ2v) is 10.3. The van der Waals surface area contributed by atoms with Gasteiger partial charge >= 0.3 is 5.97 Å². The highest BCUT2D eigenvalue weighted by Crippen LogP contribution is 2.37. The van der Waals surface area contributed by atoms with E-state index in [0.717, 1.165) is 58.4 Å². The number of nitrogens with zero attached hydrogens (tertiary/aromatic N) is 3. The normalized spacial score (nSPS) is 12.7. The van der Waals surface area contributed by atoms with Crippen LogP contribution in [0.15, 0.2) is 54.6 Å². The fraction of sp³-hybridized carbons (Fsp3) is 0.424. The summed E-state index contributed by atoms with van der Waals surface area (Å²) in [5.41, 5.74) is 6.36. The maximum absolute atomic E-state index is 12.7. The van der Waals surface area contributed by atoms with Crippen LogP contribution >= 0.6 is 0 Å². The Kier molecular flexibility index (Phi) is 10.9. The van der Waals surface area contributed by atoms with Crippen molar-refractivity contribution in [2.75, 3.05) is 27.4 Å². The standard InChI is InChI=1S/C33H41N3O6/c1-6-42-32(38)20-29(25-11-16-31(40-5)28(19-25)23(3)37)27-14-15-30-33(22(27)2)34-35-36(30)17-7-8-18-41-21-24-9-12-26(39-4)13-10-24/h9-16,19,23,29,37H,6-8,17-18,20-21H2,1-5H3/t23-,29?/m1/s1. The summed E-state index contributed by atoms with van der Waals surface area (Å²) in [7, 11) is 3.23. The Morgan fingerprint density at radius 1 is 1.00 bits per heavy atom. The first-order valence-corrected chi connectivity index (χ1v) is 14.4. The van der Waals surface area contributed by atoms with E-state index in [1.165, 1.54) is 0 Å². The molecular weight excluding hydrogens is 534 g/mol. The van der Waals surface area contributed by atoms with Crippen LogP contribution in [0.5, 0.6) is 11.5 Å². The third kappa shape index (κ3) is 7.46.